The van der Waals surface area contributed by atoms with Crippen molar-refractivity contribution in [2.24, 2.45) is 0 Å². The minimum atomic E-state index is -1.15. The zero-order valence-corrected chi connectivity index (χ0v) is 15.6. The summed E-state index contributed by atoms with van der Waals surface area (Å²) in [6.45, 7) is -0.733. The first-order chi connectivity index (χ1) is 14.6. The molecule has 2 N–H and O–H groups in total. The number of hydrogen-bond donors (Lipinski definition) is 2. The lowest BCUT2D eigenvalue weighted by Crippen LogP contribution is -2.10. The minimum Gasteiger partial charge on any atom is -0.493 e. The maximum atomic E-state index is 11.1. The Labute approximate surface area is 168 Å². The molecule has 1 aromatic heterocycles. The highest BCUT2D eigenvalue weighted by molar-refractivity contribution is 5.82. The van der Waals surface area contributed by atoms with E-state index < -0.39 is 18.3 Å². The van der Waals surface area contributed by atoms with Crippen molar-refractivity contribution in [2.75, 3.05) is 20.5 Å². The van der Waals surface area contributed by atoms with E-state index in [2.05, 4.69) is 20.7 Å². The topological polar surface area (TPSA) is 142 Å². The van der Waals surface area contributed by atoms with Crippen LogP contribution in [0.5, 0.6) is 28.7 Å². The van der Waals surface area contributed by atoms with E-state index in [0.29, 0.717) is 22.6 Å². The monoisotopic (exact) mass is 415 g/mol. The standard InChI is InChI=1S/C19H15N2O9/c1-25-12-4-2-3-10(16(12)26-7-14-20-19(24)30-21-14)11-5-6-13-18(29-9-28-13)17(11)27-8-15(22)23/h2,4-6H,7-9H2,1H3,(H,22,23)(H,20,21,24). The number of aromatic amines is 1. The molecule has 0 fully saturated rings. The second-order valence-corrected chi connectivity index (χ2v) is 5.94. The number of methoxy groups -OCH3 is 1. The quantitative estimate of drug-likeness (QED) is 0.557. The van der Waals surface area contributed by atoms with Crippen molar-refractivity contribution in [2.45, 2.75) is 6.61 Å². The minimum absolute atomic E-state index is 0.0209. The van der Waals surface area contributed by atoms with Crippen LogP contribution in [-0.4, -0.2) is 41.7 Å². The van der Waals surface area contributed by atoms with Gasteiger partial charge in [-0.3, -0.25) is 9.51 Å². The number of carbonyl (C=O) groups is 1. The third-order valence-corrected chi connectivity index (χ3v) is 4.07. The van der Waals surface area contributed by atoms with Gasteiger partial charge < -0.3 is 28.8 Å². The Balaban J connectivity index is 1.78. The van der Waals surface area contributed by atoms with Crippen LogP contribution in [0.4, 0.5) is 0 Å². The normalized spacial score (nSPS) is 11.9. The third kappa shape index (κ3) is 3.72. The first-order valence-electron chi connectivity index (χ1n) is 8.60. The van der Waals surface area contributed by atoms with Crippen molar-refractivity contribution in [3.05, 3.63) is 46.7 Å². The molecule has 0 spiro atoms. The van der Waals surface area contributed by atoms with Gasteiger partial charge in [0.25, 0.3) is 0 Å². The maximum absolute atomic E-state index is 11.1. The molecule has 0 amide bonds. The summed E-state index contributed by atoms with van der Waals surface area (Å²) in [6, 6.07) is 9.63. The smallest absolute Gasteiger partial charge is 0.439 e. The number of aliphatic carboxylic acids is 1. The summed E-state index contributed by atoms with van der Waals surface area (Å²) in [5.74, 6) is -0.193. The number of H-pyrrole nitrogens is 1. The second-order valence-electron chi connectivity index (χ2n) is 5.94. The molecule has 1 aliphatic rings. The number of carboxylic acids is 1. The SMILES string of the molecule is COc1cc[c]c(-c2ccc3c(c2OCC(=O)O)OCO3)c1OCc1noc(=O)[nH]1. The summed E-state index contributed by atoms with van der Waals surface area (Å²) < 4.78 is 32.0. The molecule has 4 rings (SSSR count). The number of nitrogens with zero attached hydrogens (tertiary/aromatic N) is 1. The van der Waals surface area contributed by atoms with Crippen LogP contribution in [0, 0.1) is 6.07 Å². The summed E-state index contributed by atoms with van der Waals surface area (Å²) >= 11 is 0. The Bertz CT molecular complexity index is 1140. The highest BCUT2D eigenvalue weighted by atomic mass is 16.7. The first-order valence-corrected chi connectivity index (χ1v) is 8.60. The Morgan fingerprint density at radius 1 is 1.27 bits per heavy atom. The molecule has 0 saturated heterocycles. The lowest BCUT2D eigenvalue weighted by molar-refractivity contribution is -0.139. The molecule has 155 valence electrons. The summed E-state index contributed by atoms with van der Waals surface area (Å²) in [4.78, 5) is 24.6. The Kier molecular flexibility index (Phi) is 5.16. The average Bonchev–Trinajstić information content (AvgIpc) is 3.38. The fourth-order valence-electron chi connectivity index (χ4n) is 2.85. The van der Waals surface area contributed by atoms with Gasteiger partial charge in [-0.25, -0.2) is 9.59 Å². The molecule has 0 bridgehead atoms. The van der Waals surface area contributed by atoms with E-state index in [-0.39, 0.29) is 36.5 Å². The van der Waals surface area contributed by atoms with Crippen molar-refractivity contribution >= 4 is 5.97 Å². The van der Waals surface area contributed by atoms with E-state index in [1.807, 2.05) is 0 Å². The summed E-state index contributed by atoms with van der Waals surface area (Å²) in [5.41, 5.74) is 0.863. The number of carboxylic acid groups (broad SMARTS) is 1. The fourth-order valence-corrected chi connectivity index (χ4v) is 2.85. The van der Waals surface area contributed by atoms with Gasteiger partial charge in [0, 0.05) is 11.1 Å². The van der Waals surface area contributed by atoms with E-state index in [9.17, 15) is 9.59 Å². The molecule has 3 aromatic rings. The molecule has 1 radical (unpaired) electrons. The Morgan fingerprint density at radius 2 is 2.13 bits per heavy atom. The molecule has 2 aromatic carbocycles. The Hall–Kier alpha value is -4.15. The van der Waals surface area contributed by atoms with Crippen molar-refractivity contribution < 1.29 is 38.1 Å². The van der Waals surface area contributed by atoms with E-state index in [0.717, 1.165) is 0 Å². The zero-order chi connectivity index (χ0) is 21.1. The van der Waals surface area contributed by atoms with Gasteiger partial charge in [-0.15, -0.1) is 0 Å². The third-order valence-electron chi connectivity index (χ3n) is 4.07. The van der Waals surface area contributed by atoms with Gasteiger partial charge in [0.1, 0.15) is 6.61 Å². The maximum Gasteiger partial charge on any atom is 0.439 e. The van der Waals surface area contributed by atoms with E-state index in [1.165, 1.54) is 7.11 Å². The van der Waals surface area contributed by atoms with Crippen LogP contribution in [-0.2, 0) is 11.4 Å². The number of fused-ring (bicyclic) bond motifs is 1. The van der Waals surface area contributed by atoms with E-state index in [4.69, 9.17) is 28.8 Å². The van der Waals surface area contributed by atoms with Crippen LogP contribution in [0.1, 0.15) is 5.82 Å². The number of aromatic nitrogens is 2. The highest BCUT2D eigenvalue weighted by Gasteiger charge is 2.26. The van der Waals surface area contributed by atoms with Gasteiger partial charge in [0.15, 0.2) is 35.4 Å². The van der Waals surface area contributed by atoms with Gasteiger partial charge >= 0.3 is 11.7 Å². The van der Waals surface area contributed by atoms with Crippen LogP contribution >= 0.6 is 0 Å². The van der Waals surface area contributed by atoms with Gasteiger partial charge in [-0.05, 0) is 30.3 Å². The second kappa shape index (κ2) is 8.07. The number of ether oxygens (including phenoxy) is 5. The predicted octanol–water partition coefficient (Wildman–Crippen LogP) is 1.61. The molecular formula is C19H15N2O9. The van der Waals surface area contributed by atoms with Crippen LogP contribution in [0.25, 0.3) is 11.1 Å². The predicted molar refractivity (Wildman–Crippen MR) is 98.0 cm³/mol. The molecular weight excluding hydrogens is 400 g/mol. The summed E-state index contributed by atoms with van der Waals surface area (Å²) in [7, 11) is 1.46. The van der Waals surface area contributed by atoms with Crippen LogP contribution in [0.2, 0.25) is 0 Å². The molecule has 2 heterocycles. The van der Waals surface area contributed by atoms with Crippen LogP contribution < -0.4 is 29.4 Å². The first kappa shape index (κ1) is 19.2. The summed E-state index contributed by atoms with van der Waals surface area (Å²) in [6.07, 6.45) is 0. The zero-order valence-electron chi connectivity index (χ0n) is 15.6. The highest BCUT2D eigenvalue weighted by Crippen LogP contribution is 2.50. The molecule has 11 nitrogen and oxygen atoms in total. The van der Waals surface area contributed by atoms with Crippen LogP contribution in [0.15, 0.2) is 33.6 Å². The van der Waals surface area contributed by atoms with Gasteiger partial charge in [-0.1, -0.05) is 5.16 Å². The molecule has 0 saturated carbocycles. The lowest BCUT2D eigenvalue weighted by Gasteiger charge is -2.17. The molecule has 11 heteroatoms. The number of hydrogen-bond acceptors (Lipinski definition) is 9. The molecule has 0 unspecified atom stereocenters. The average molecular weight is 415 g/mol. The summed E-state index contributed by atoms with van der Waals surface area (Å²) in [5, 5.41) is 12.6. The van der Waals surface area contributed by atoms with Crippen molar-refractivity contribution in [1.82, 2.24) is 10.1 Å². The van der Waals surface area contributed by atoms with Crippen molar-refractivity contribution in [3.63, 3.8) is 0 Å². The van der Waals surface area contributed by atoms with E-state index in [1.54, 1.807) is 24.3 Å². The molecule has 0 atom stereocenters. The van der Waals surface area contributed by atoms with Gasteiger partial charge in [0.2, 0.25) is 12.5 Å². The molecule has 30 heavy (non-hydrogen) atoms. The van der Waals surface area contributed by atoms with Gasteiger partial charge in [0.05, 0.1) is 7.11 Å². The van der Waals surface area contributed by atoms with Crippen LogP contribution in [0.3, 0.4) is 0 Å². The van der Waals surface area contributed by atoms with Crippen molar-refractivity contribution in [3.8, 4) is 39.9 Å². The Morgan fingerprint density at radius 3 is 2.87 bits per heavy atom. The fraction of sp³-hybridized carbons (Fsp3) is 0.211. The number of nitrogens with one attached hydrogen (secondary N) is 1. The largest absolute Gasteiger partial charge is 0.493 e. The van der Waals surface area contributed by atoms with Crippen molar-refractivity contribution in [1.29, 1.82) is 0 Å². The van der Waals surface area contributed by atoms with Gasteiger partial charge in [-0.2, -0.15) is 0 Å². The molecule has 0 aliphatic carbocycles. The lowest BCUT2D eigenvalue weighted by atomic mass is 10.0. The molecule has 1 aliphatic heterocycles. The number of rotatable bonds is 8. The van der Waals surface area contributed by atoms with E-state index >= 15 is 0 Å². The number of benzene rings is 2.